The molecule has 0 aromatic carbocycles. The van der Waals surface area contributed by atoms with E-state index in [9.17, 15) is 4.79 Å². The van der Waals surface area contributed by atoms with Gasteiger partial charge in [-0.1, -0.05) is 11.3 Å². The van der Waals surface area contributed by atoms with Crippen LogP contribution in [-0.4, -0.2) is 31.7 Å². The SMILES string of the molecule is CCN(C)c1nc(C)c(C(=O)OC)s1. The molecule has 0 N–H and O–H groups in total. The van der Waals surface area contributed by atoms with Crippen molar-refractivity contribution >= 4 is 22.4 Å². The van der Waals surface area contributed by atoms with Gasteiger partial charge in [-0.15, -0.1) is 0 Å². The summed E-state index contributed by atoms with van der Waals surface area (Å²) in [4.78, 5) is 18.2. The molecule has 14 heavy (non-hydrogen) atoms. The predicted molar refractivity (Wildman–Crippen MR) is 57.1 cm³/mol. The molecular weight excluding hydrogens is 200 g/mol. The molecule has 0 saturated heterocycles. The third-order valence-electron chi connectivity index (χ3n) is 1.96. The van der Waals surface area contributed by atoms with E-state index in [1.165, 1.54) is 18.4 Å². The maximum absolute atomic E-state index is 11.3. The number of esters is 1. The van der Waals surface area contributed by atoms with E-state index in [1.807, 2.05) is 25.8 Å². The largest absolute Gasteiger partial charge is 0.465 e. The molecule has 0 bridgehead atoms. The average Bonchev–Trinajstić information content (AvgIpc) is 2.58. The number of aryl methyl sites for hydroxylation is 1. The molecule has 5 heteroatoms. The Balaban J connectivity index is 2.98. The van der Waals surface area contributed by atoms with Crippen molar-refractivity contribution in [2.75, 3.05) is 25.6 Å². The Morgan fingerprint density at radius 3 is 2.79 bits per heavy atom. The summed E-state index contributed by atoms with van der Waals surface area (Å²) in [7, 11) is 3.32. The van der Waals surface area contributed by atoms with Crippen LogP contribution >= 0.6 is 11.3 Å². The minimum absolute atomic E-state index is 0.309. The zero-order valence-corrected chi connectivity index (χ0v) is 9.64. The van der Waals surface area contributed by atoms with Crippen LogP contribution in [0.5, 0.6) is 0 Å². The van der Waals surface area contributed by atoms with Gasteiger partial charge in [0.15, 0.2) is 5.13 Å². The van der Waals surface area contributed by atoms with Crippen molar-refractivity contribution in [3.63, 3.8) is 0 Å². The molecular formula is C9H14N2O2S. The number of anilines is 1. The smallest absolute Gasteiger partial charge is 0.350 e. The van der Waals surface area contributed by atoms with Gasteiger partial charge in [-0.05, 0) is 13.8 Å². The number of carbonyl (C=O) groups excluding carboxylic acids is 1. The van der Waals surface area contributed by atoms with Crippen LogP contribution in [0.25, 0.3) is 0 Å². The van der Waals surface area contributed by atoms with Crippen LogP contribution in [-0.2, 0) is 4.74 Å². The molecule has 1 aromatic heterocycles. The van der Waals surface area contributed by atoms with Gasteiger partial charge < -0.3 is 9.64 Å². The lowest BCUT2D eigenvalue weighted by Gasteiger charge is -2.10. The Labute approximate surface area is 87.5 Å². The minimum atomic E-state index is -0.309. The number of nitrogens with zero attached hydrogens (tertiary/aromatic N) is 2. The van der Waals surface area contributed by atoms with Crippen LogP contribution < -0.4 is 4.90 Å². The number of carbonyl (C=O) groups is 1. The van der Waals surface area contributed by atoms with Gasteiger partial charge in [-0.25, -0.2) is 9.78 Å². The molecule has 0 amide bonds. The van der Waals surface area contributed by atoms with E-state index >= 15 is 0 Å². The van der Waals surface area contributed by atoms with E-state index in [2.05, 4.69) is 9.72 Å². The topological polar surface area (TPSA) is 42.4 Å². The van der Waals surface area contributed by atoms with Crippen molar-refractivity contribution in [3.8, 4) is 0 Å². The van der Waals surface area contributed by atoms with Crippen LogP contribution in [0.15, 0.2) is 0 Å². The first-order valence-corrected chi connectivity index (χ1v) is 5.18. The molecule has 0 spiro atoms. The van der Waals surface area contributed by atoms with E-state index in [0.717, 1.165) is 17.4 Å². The molecule has 78 valence electrons. The number of hydrogen-bond donors (Lipinski definition) is 0. The van der Waals surface area contributed by atoms with Gasteiger partial charge in [0.2, 0.25) is 0 Å². The Bertz CT molecular complexity index is 336. The van der Waals surface area contributed by atoms with E-state index in [4.69, 9.17) is 0 Å². The quantitative estimate of drug-likeness (QED) is 0.718. The van der Waals surface area contributed by atoms with Crippen molar-refractivity contribution in [2.45, 2.75) is 13.8 Å². The van der Waals surface area contributed by atoms with E-state index < -0.39 is 0 Å². The van der Waals surface area contributed by atoms with Crippen LogP contribution in [0, 0.1) is 6.92 Å². The monoisotopic (exact) mass is 214 g/mol. The first-order chi connectivity index (χ1) is 6.60. The summed E-state index contributed by atoms with van der Waals surface area (Å²) in [6.45, 7) is 4.72. The van der Waals surface area contributed by atoms with Crippen molar-refractivity contribution < 1.29 is 9.53 Å². The Hall–Kier alpha value is -1.10. The van der Waals surface area contributed by atoms with Gasteiger partial charge in [0.1, 0.15) is 4.88 Å². The molecule has 1 aromatic rings. The van der Waals surface area contributed by atoms with Crippen molar-refractivity contribution in [2.24, 2.45) is 0 Å². The van der Waals surface area contributed by atoms with Gasteiger partial charge in [0.25, 0.3) is 0 Å². The standard InChI is InChI=1S/C9H14N2O2S/c1-5-11(3)9-10-6(2)7(14-9)8(12)13-4/h5H2,1-4H3. The second-order valence-electron chi connectivity index (χ2n) is 2.92. The number of aromatic nitrogens is 1. The van der Waals surface area contributed by atoms with Crippen molar-refractivity contribution in [1.82, 2.24) is 4.98 Å². The first kappa shape index (κ1) is 11.0. The maximum atomic E-state index is 11.3. The molecule has 1 rings (SSSR count). The molecule has 0 aliphatic rings. The average molecular weight is 214 g/mol. The number of rotatable bonds is 3. The van der Waals surface area contributed by atoms with Crippen LogP contribution in [0.3, 0.4) is 0 Å². The second kappa shape index (κ2) is 4.41. The summed E-state index contributed by atoms with van der Waals surface area (Å²) in [5.41, 5.74) is 0.733. The summed E-state index contributed by atoms with van der Waals surface area (Å²) >= 11 is 1.37. The molecule has 0 aliphatic heterocycles. The van der Waals surface area contributed by atoms with Gasteiger partial charge in [0, 0.05) is 13.6 Å². The van der Waals surface area contributed by atoms with Crippen LogP contribution in [0.4, 0.5) is 5.13 Å². The Kier molecular flexibility index (Phi) is 3.46. The van der Waals surface area contributed by atoms with Crippen molar-refractivity contribution in [3.05, 3.63) is 10.6 Å². The van der Waals surface area contributed by atoms with Crippen LogP contribution in [0.1, 0.15) is 22.3 Å². The predicted octanol–water partition coefficient (Wildman–Crippen LogP) is 1.69. The highest BCUT2D eigenvalue weighted by Gasteiger charge is 2.16. The highest BCUT2D eigenvalue weighted by molar-refractivity contribution is 7.17. The first-order valence-electron chi connectivity index (χ1n) is 4.37. The van der Waals surface area contributed by atoms with Gasteiger partial charge in [-0.3, -0.25) is 0 Å². The Morgan fingerprint density at radius 1 is 1.64 bits per heavy atom. The highest BCUT2D eigenvalue weighted by atomic mass is 32.1. The highest BCUT2D eigenvalue weighted by Crippen LogP contribution is 2.25. The molecule has 0 atom stereocenters. The summed E-state index contributed by atoms with van der Waals surface area (Å²) < 4.78 is 4.66. The third kappa shape index (κ3) is 2.04. The minimum Gasteiger partial charge on any atom is -0.465 e. The molecule has 0 saturated carbocycles. The van der Waals surface area contributed by atoms with E-state index in [-0.39, 0.29) is 5.97 Å². The number of ether oxygens (including phenoxy) is 1. The van der Waals surface area contributed by atoms with Gasteiger partial charge in [-0.2, -0.15) is 0 Å². The second-order valence-corrected chi connectivity index (χ2v) is 3.89. The van der Waals surface area contributed by atoms with Gasteiger partial charge >= 0.3 is 5.97 Å². The van der Waals surface area contributed by atoms with Gasteiger partial charge in [0.05, 0.1) is 12.8 Å². The summed E-state index contributed by atoms with van der Waals surface area (Å²) in [6.07, 6.45) is 0. The maximum Gasteiger partial charge on any atom is 0.350 e. The summed E-state index contributed by atoms with van der Waals surface area (Å²) in [5, 5.41) is 0.852. The zero-order chi connectivity index (χ0) is 10.7. The lowest BCUT2D eigenvalue weighted by atomic mass is 10.4. The number of methoxy groups -OCH3 is 1. The number of hydrogen-bond acceptors (Lipinski definition) is 5. The fourth-order valence-electron chi connectivity index (χ4n) is 0.963. The lowest BCUT2D eigenvalue weighted by molar-refractivity contribution is 0.0605. The zero-order valence-electron chi connectivity index (χ0n) is 8.83. The summed E-state index contributed by atoms with van der Waals surface area (Å²) in [5.74, 6) is -0.309. The fourth-order valence-corrected chi connectivity index (χ4v) is 1.97. The fraction of sp³-hybridized carbons (Fsp3) is 0.556. The number of thiazole rings is 1. The van der Waals surface area contributed by atoms with Crippen molar-refractivity contribution in [1.29, 1.82) is 0 Å². The normalized spacial score (nSPS) is 10.0. The molecule has 1 heterocycles. The van der Waals surface area contributed by atoms with E-state index in [1.54, 1.807) is 0 Å². The molecule has 4 nitrogen and oxygen atoms in total. The summed E-state index contributed by atoms with van der Waals surface area (Å²) in [6, 6.07) is 0. The molecule has 0 fully saturated rings. The molecule has 0 unspecified atom stereocenters. The third-order valence-corrected chi connectivity index (χ3v) is 3.21. The lowest BCUT2D eigenvalue weighted by Crippen LogP contribution is -2.15. The van der Waals surface area contributed by atoms with E-state index in [0.29, 0.717) is 4.88 Å². The van der Waals surface area contributed by atoms with Crippen LogP contribution in [0.2, 0.25) is 0 Å². The Morgan fingerprint density at radius 2 is 2.29 bits per heavy atom. The molecule has 0 radical (unpaired) electrons. The molecule has 0 aliphatic carbocycles.